The summed E-state index contributed by atoms with van der Waals surface area (Å²) in [4.78, 5) is 0. The highest BCUT2D eigenvalue weighted by molar-refractivity contribution is 4.84. The van der Waals surface area contributed by atoms with Gasteiger partial charge in [-0.2, -0.15) is 0 Å². The molecule has 84 valence electrons. The minimum Gasteiger partial charge on any atom is -0.368 e. The first-order valence-corrected chi connectivity index (χ1v) is 5.31. The zero-order valence-corrected chi connectivity index (χ0v) is 8.48. The summed E-state index contributed by atoms with van der Waals surface area (Å²) >= 11 is 0. The van der Waals surface area contributed by atoms with Gasteiger partial charge in [0.1, 0.15) is 6.61 Å². The Bertz CT molecular complexity index is 156. The molecule has 0 unspecified atom stereocenters. The molecule has 0 bridgehead atoms. The van der Waals surface area contributed by atoms with E-state index in [4.69, 9.17) is 10.5 Å². The molecule has 0 spiro atoms. The number of alkyl halides is 2. The molecule has 1 saturated carbocycles. The fraction of sp³-hybridized carbons (Fsp3) is 1.00. The highest BCUT2D eigenvalue weighted by Crippen LogP contribution is 2.29. The van der Waals surface area contributed by atoms with Crippen LogP contribution in [0.15, 0.2) is 0 Å². The van der Waals surface area contributed by atoms with E-state index in [1.54, 1.807) is 0 Å². The third-order valence-electron chi connectivity index (χ3n) is 2.90. The van der Waals surface area contributed by atoms with E-state index >= 15 is 0 Å². The lowest BCUT2D eigenvalue weighted by molar-refractivity contribution is -0.0915. The van der Waals surface area contributed by atoms with Gasteiger partial charge in [0.05, 0.1) is 5.60 Å². The first kappa shape index (κ1) is 11.9. The van der Waals surface area contributed by atoms with Crippen LogP contribution in [0.2, 0.25) is 0 Å². The summed E-state index contributed by atoms with van der Waals surface area (Å²) in [5.41, 5.74) is 5.16. The minimum atomic E-state index is -2.39. The fourth-order valence-corrected chi connectivity index (χ4v) is 2.02. The van der Waals surface area contributed by atoms with Crippen LogP contribution in [0.4, 0.5) is 8.78 Å². The predicted octanol–water partition coefficient (Wildman–Crippen LogP) is 2.32. The van der Waals surface area contributed by atoms with Gasteiger partial charge in [0, 0.05) is 6.54 Å². The van der Waals surface area contributed by atoms with Crippen LogP contribution < -0.4 is 5.73 Å². The number of rotatable bonds is 4. The SMILES string of the molecule is NCC1(OCC(F)F)CCCCCC1. The van der Waals surface area contributed by atoms with Crippen molar-refractivity contribution in [2.75, 3.05) is 13.2 Å². The molecule has 0 aliphatic heterocycles. The summed E-state index contributed by atoms with van der Waals surface area (Å²) in [6.45, 7) is -0.114. The molecule has 0 atom stereocenters. The van der Waals surface area contributed by atoms with Crippen LogP contribution in [0.25, 0.3) is 0 Å². The molecule has 0 aromatic rings. The van der Waals surface area contributed by atoms with Gasteiger partial charge in [0.25, 0.3) is 6.43 Å². The molecule has 0 radical (unpaired) electrons. The third-order valence-corrected chi connectivity index (χ3v) is 2.90. The molecule has 1 fully saturated rings. The van der Waals surface area contributed by atoms with Crippen molar-refractivity contribution in [1.82, 2.24) is 0 Å². The molecule has 0 saturated heterocycles. The summed E-state index contributed by atoms with van der Waals surface area (Å²) in [6, 6.07) is 0. The van der Waals surface area contributed by atoms with E-state index in [2.05, 4.69) is 0 Å². The maximum absolute atomic E-state index is 12.0. The lowest BCUT2D eigenvalue weighted by Gasteiger charge is -2.31. The van der Waals surface area contributed by atoms with Gasteiger partial charge in [-0.25, -0.2) is 8.78 Å². The van der Waals surface area contributed by atoms with Crippen LogP contribution in [0.1, 0.15) is 38.5 Å². The van der Waals surface area contributed by atoms with E-state index in [-0.39, 0.29) is 0 Å². The summed E-state index contributed by atoms with van der Waals surface area (Å²) in [7, 11) is 0. The van der Waals surface area contributed by atoms with Crippen LogP contribution in [0, 0.1) is 0 Å². The van der Waals surface area contributed by atoms with Gasteiger partial charge < -0.3 is 10.5 Å². The van der Waals surface area contributed by atoms with Crippen molar-refractivity contribution in [3.8, 4) is 0 Å². The molecule has 0 aromatic carbocycles. The van der Waals surface area contributed by atoms with Crippen LogP contribution in [-0.4, -0.2) is 25.2 Å². The lowest BCUT2D eigenvalue weighted by Crippen LogP contribution is -2.41. The highest BCUT2D eigenvalue weighted by atomic mass is 19.3. The smallest absolute Gasteiger partial charge is 0.261 e. The molecule has 1 aliphatic carbocycles. The van der Waals surface area contributed by atoms with E-state index < -0.39 is 18.6 Å². The van der Waals surface area contributed by atoms with Crippen molar-refractivity contribution < 1.29 is 13.5 Å². The zero-order valence-electron chi connectivity index (χ0n) is 8.48. The molecular weight excluding hydrogens is 188 g/mol. The Morgan fingerprint density at radius 3 is 2.14 bits per heavy atom. The Kier molecular flexibility index (Phi) is 4.75. The topological polar surface area (TPSA) is 35.2 Å². The normalized spacial score (nSPS) is 22.3. The molecule has 0 heterocycles. The van der Waals surface area contributed by atoms with E-state index in [0.29, 0.717) is 6.54 Å². The van der Waals surface area contributed by atoms with E-state index in [1.807, 2.05) is 0 Å². The van der Waals surface area contributed by atoms with Crippen molar-refractivity contribution >= 4 is 0 Å². The Morgan fingerprint density at radius 1 is 1.14 bits per heavy atom. The summed E-state index contributed by atoms with van der Waals surface area (Å²) in [5.74, 6) is 0. The summed E-state index contributed by atoms with van der Waals surface area (Å²) in [6.07, 6.45) is 3.69. The van der Waals surface area contributed by atoms with Crippen LogP contribution in [0.5, 0.6) is 0 Å². The number of halogens is 2. The molecule has 0 aromatic heterocycles. The van der Waals surface area contributed by atoms with Gasteiger partial charge in [-0.1, -0.05) is 25.7 Å². The number of hydrogen-bond donors (Lipinski definition) is 1. The number of hydrogen-bond acceptors (Lipinski definition) is 2. The first-order chi connectivity index (χ1) is 6.68. The van der Waals surface area contributed by atoms with Gasteiger partial charge in [-0.15, -0.1) is 0 Å². The standard InChI is InChI=1S/C10H19F2NO/c11-9(12)7-14-10(8-13)5-3-1-2-4-6-10/h9H,1-8,13H2. The highest BCUT2D eigenvalue weighted by Gasteiger charge is 2.31. The summed E-state index contributed by atoms with van der Waals surface area (Å²) < 4.78 is 29.3. The fourth-order valence-electron chi connectivity index (χ4n) is 2.02. The van der Waals surface area contributed by atoms with E-state index in [9.17, 15) is 8.78 Å². The average molecular weight is 207 g/mol. The maximum Gasteiger partial charge on any atom is 0.261 e. The Hall–Kier alpha value is -0.220. The Morgan fingerprint density at radius 2 is 1.71 bits per heavy atom. The Balaban J connectivity index is 2.45. The van der Waals surface area contributed by atoms with Crippen molar-refractivity contribution in [3.63, 3.8) is 0 Å². The largest absolute Gasteiger partial charge is 0.368 e. The van der Waals surface area contributed by atoms with E-state index in [0.717, 1.165) is 25.7 Å². The second-order valence-corrected chi connectivity index (χ2v) is 4.00. The quantitative estimate of drug-likeness (QED) is 0.718. The molecule has 2 nitrogen and oxygen atoms in total. The van der Waals surface area contributed by atoms with Gasteiger partial charge in [-0.05, 0) is 12.8 Å². The number of ether oxygens (including phenoxy) is 1. The first-order valence-electron chi connectivity index (χ1n) is 5.31. The Labute approximate surface area is 83.8 Å². The van der Waals surface area contributed by atoms with Crippen molar-refractivity contribution in [2.24, 2.45) is 5.73 Å². The average Bonchev–Trinajstić information content (AvgIpc) is 2.41. The lowest BCUT2D eigenvalue weighted by atomic mass is 9.94. The minimum absolute atomic E-state index is 0.361. The molecule has 1 rings (SSSR count). The second-order valence-electron chi connectivity index (χ2n) is 4.00. The van der Waals surface area contributed by atoms with Gasteiger partial charge >= 0.3 is 0 Å². The van der Waals surface area contributed by atoms with Crippen molar-refractivity contribution in [3.05, 3.63) is 0 Å². The third kappa shape index (κ3) is 3.50. The van der Waals surface area contributed by atoms with E-state index in [1.165, 1.54) is 12.8 Å². The molecule has 2 N–H and O–H groups in total. The molecule has 0 amide bonds. The number of nitrogens with two attached hydrogens (primary N) is 1. The van der Waals surface area contributed by atoms with Crippen LogP contribution in [-0.2, 0) is 4.74 Å². The van der Waals surface area contributed by atoms with Crippen molar-refractivity contribution in [1.29, 1.82) is 0 Å². The predicted molar refractivity (Wildman–Crippen MR) is 51.4 cm³/mol. The van der Waals surface area contributed by atoms with Crippen LogP contribution in [0.3, 0.4) is 0 Å². The maximum atomic E-state index is 12.0. The zero-order chi connectivity index (χ0) is 10.4. The second kappa shape index (κ2) is 5.61. The van der Waals surface area contributed by atoms with Crippen LogP contribution >= 0.6 is 0 Å². The monoisotopic (exact) mass is 207 g/mol. The molecule has 1 aliphatic rings. The van der Waals surface area contributed by atoms with Gasteiger partial charge in [-0.3, -0.25) is 0 Å². The molecule has 14 heavy (non-hydrogen) atoms. The summed E-state index contributed by atoms with van der Waals surface area (Å²) in [5, 5.41) is 0. The molecule has 4 heteroatoms. The van der Waals surface area contributed by atoms with Gasteiger partial charge in [0.15, 0.2) is 0 Å². The van der Waals surface area contributed by atoms with Gasteiger partial charge in [0.2, 0.25) is 0 Å². The molecular formula is C10H19F2NO. The van der Waals surface area contributed by atoms with Crippen molar-refractivity contribution in [2.45, 2.75) is 50.6 Å².